The van der Waals surface area contributed by atoms with Crippen LogP contribution in [0.2, 0.25) is 0 Å². The Morgan fingerprint density at radius 1 is 0.975 bits per heavy atom. The van der Waals surface area contributed by atoms with E-state index >= 15 is 0 Å². The maximum Gasteiger partial charge on any atom is 0.358 e. The average Bonchev–Trinajstić information content (AvgIpc) is 3.37. The van der Waals surface area contributed by atoms with Crippen LogP contribution in [0.25, 0.3) is 5.65 Å². The number of ether oxygens (including phenoxy) is 2. The summed E-state index contributed by atoms with van der Waals surface area (Å²) in [6.07, 6.45) is 2.25. The van der Waals surface area contributed by atoms with Gasteiger partial charge in [0.2, 0.25) is 0 Å². The lowest BCUT2D eigenvalue weighted by atomic mass is 10.0. The third kappa shape index (κ3) is 5.61. The minimum Gasteiger partial charge on any atom is -0.497 e. The van der Waals surface area contributed by atoms with Gasteiger partial charge >= 0.3 is 5.97 Å². The van der Waals surface area contributed by atoms with Gasteiger partial charge in [0.25, 0.3) is 0 Å². The number of aryl methyl sites for hydroxylation is 2. The average molecular weight is 536 g/mol. The topological polar surface area (TPSA) is 81.0 Å². The van der Waals surface area contributed by atoms with Crippen molar-refractivity contribution in [1.29, 1.82) is 0 Å². The number of nitrogens with one attached hydrogen (secondary N) is 1. The molecule has 0 amide bonds. The fraction of sp³-hybridized carbons (Fsp3) is 0.219. The zero-order valence-electron chi connectivity index (χ0n) is 23.4. The van der Waals surface area contributed by atoms with Crippen LogP contribution in [0.1, 0.15) is 39.7 Å². The smallest absolute Gasteiger partial charge is 0.358 e. The summed E-state index contributed by atoms with van der Waals surface area (Å²) < 4.78 is 12.2. The predicted molar refractivity (Wildman–Crippen MR) is 158 cm³/mol. The molecule has 1 N–H and O–H groups in total. The van der Waals surface area contributed by atoms with Crippen LogP contribution in [-0.2, 0) is 11.2 Å². The van der Waals surface area contributed by atoms with Crippen molar-refractivity contribution in [1.82, 2.24) is 14.6 Å². The standard InChI is InChI=1S/C32H33N5O3/c1-6-40-32(38)29-20-33-31-28(19-30(35-37(29)31)34-25-16-21(2)15-22(3)17-25)36(4)27-10-8-7-9-24(27)18-23-11-13-26(39-5)14-12-23/h7-17,19-20H,6,18H2,1-5H3,(H,34,35). The molecule has 0 aliphatic heterocycles. The number of fused-ring (bicyclic) bond motifs is 1. The van der Waals surface area contributed by atoms with Crippen molar-refractivity contribution in [2.45, 2.75) is 27.2 Å². The summed E-state index contributed by atoms with van der Waals surface area (Å²) in [6, 6.07) is 24.6. The molecule has 2 heterocycles. The molecule has 0 aliphatic rings. The van der Waals surface area contributed by atoms with E-state index in [-0.39, 0.29) is 12.3 Å². The number of carbonyl (C=O) groups is 1. The molecule has 8 nitrogen and oxygen atoms in total. The van der Waals surface area contributed by atoms with E-state index in [1.807, 2.05) is 37.4 Å². The molecule has 0 saturated carbocycles. The molecule has 0 atom stereocenters. The number of carbonyl (C=O) groups excluding carboxylic acids is 1. The Morgan fingerprint density at radius 3 is 2.40 bits per heavy atom. The Balaban J connectivity index is 1.59. The SMILES string of the molecule is CCOC(=O)c1cnc2c(N(C)c3ccccc3Cc3ccc(OC)cc3)cc(Nc3cc(C)cc(C)c3)nn12. The number of methoxy groups -OCH3 is 1. The van der Waals surface area contributed by atoms with Gasteiger partial charge in [0, 0.05) is 24.5 Å². The summed E-state index contributed by atoms with van der Waals surface area (Å²) in [5.74, 6) is 0.934. The van der Waals surface area contributed by atoms with Gasteiger partial charge in [0.05, 0.1) is 25.6 Å². The first kappa shape index (κ1) is 26.7. The quantitative estimate of drug-likeness (QED) is 0.212. The summed E-state index contributed by atoms with van der Waals surface area (Å²) in [5.41, 5.74) is 8.14. The van der Waals surface area contributed by atoms with Crippen molar-refractivity contribution in [3.8, 4) is 5.75 Å². The first-order valence-electron chi connectivity index (χ1n) is 13.2. The highest BCUT2D eigenvalue weighted by molar-refractivity contribution is 5.90. The highest BCUT2D eigenvalue weighted by atomic mass is 16.5. The molecule has 5 aromatic rings. The Morgan fingerprint density at radius 2 is 1.70 bits per heavy atom. The highest BCUT2D eigenvalue weighted by Crippen LogP contribution is 2.33. The molecule has 0 bridgehead atoms. The second kappa shape index (κ2) is 11.5. The monoisotopic (exact) mass is 535 g/mol. The van der Waals surface area contributed by atoms with E-state index in [2.05, 4.69) is 71.5 Å². The zero-order valence-corrected chi connectivity index (χ0v) is 23.4. The number of esters is 1. The highest BCUT2D eigenvalue weighted by Gasteiger charge is 2.21. The number of hydrogen-bond donors (Lipinski definition) is 1. The number of hydrogen-bond acceptors (Lipinski definition) is 7. The number of imidazole rings is 1. The van der Waals surface area contributed by atoms with Crippen LogP contribution < -0.4 is 15.0 Å². The van der Waals surface area contributed by atoms with Crippen LogP contribution in [0.15, 0.2) is 79.0 Å². The number of para-hydroxylation sites is 1. The number of aromatic nitrogens is 3. The van der Waals surface area contributed by atoms with E-state index in [1.54, 1.807) is 18.5 Å². The second-order valence-corrected chi connectivity index (χ2v) is 9.73. The van der Waals surface area contributed by atoms with Crippen LogP contribution in [0.3, 0.4) is 0 Å². The molecule has 8 heteroatoms. The zero-order chi connectivity index (χ0) is 28.2. The maximum atomic E-state index is 12.8. The van der Waals surface area contributed by atoms with Crippen molar-refractivity contribution >= 4 is 34.5 Å². The normalized spacial score (nSPS) is 10.9. The largest absolute Gasteiger partial charge is 0.497 e. The van der Waals surface area contributed by atoms with Crippen molar-refractivity contribution in [2.24, 2.45) is 0 Å². The second-order valence-electron chi connectivity index (χ2n) is 9.73. The predicted octanol–water partition coefficient (Wildman–Crippen LogP) is 6.63. The summed E-state index contributed by atoms with van der Waals surface area (Å²) in [7, 11) is 3.67. The van der Waals surface area contributed by atoms with Gasteiger partial charge < -0.3 is 19.7 Å². The van der Waals surface area contributed by atoms with Gasteiger partial charge in [0.1, 0.15) is 5.75 Å². The molecule has 0 radical (unpaired) electrons. The fourth-order valence-corrected chi connectivity index (χ4v) is 4.88. The molecular weight excluding hydrogens is 502 g/mol. The minimum absolute atomic E-state index is 0.262. The molecule has 2 aromatic heterocycles. The van der Waals surface area contributed by atoms with Crippen LogP contribution in [0, 0.1) is 13.8 Å². The number of rotatable bonds is 9. The Hall–Kier alpha value is -4.85. The van der Waals surface area contributed by atoms with E-state index in [4.69, 9.17) is 14.6 Å². The molecule has 0 aliphatic carbocycles. The van der Waals surface area contributed by atoms with E-state index in [0.717, 1.165) is 45.9 Å². The molecule has 40 heavy (non-hydrogen) atoms. The number of anilines is 4. The van der Waals surface area contributed by atoms with Crippen molar-refractivity contribution in [2.75, 3.05) is 31.0 Å². The van der Waals surface area contributed by atoms with Gasteiger partial charge in [-0.05, 0) is 79.8 Å². The van der Waals surface area contributed by atoms with Crippen molar-refractivity contribution in [3.05, 3.63) is 107 Å². The third-order valence-corrected chi connectivity index (χ3v) is 6.69. The number of benzene rings is 3. The van der Waals surface area contributed by atoms with Crippen LogP contribution in [-0.4, -0.2) is 41.3 Å². The Bertz CT molecular complexity index is 1640. The van der Waals surface area contributed by atoms with Gasteiger partial charge in [-0.25, -0.2) is 14.3 Å². The van der Waals surface area contributed by atoms with Crippen LogP contribution in [0.5, 0.6) is 5.75 Å². The van der Waals surface area contributed by atoms with Gasteiger partial charge in [0.15, 0.2) is 17.2 Å². The van der Waals surface area contributed by atoms with E-state index in [0.29, 0.717) is 11.5 Å². The molecular formula is C32H33N5O3. The van der Waals surface area contributed by atoms with Gasteiger partial charge in [-0.2, -0.15) is 0 Å². The van der Waals surface area contributed by atoms with Gasteiger partial charge in [-0.15, -0.1) is 5.10 Å². The summed E-state index contributed by atoms with van der Waals surface area (Å²) in [6.45, 7) is 6.16. The fourth-order valence-electron chi connectivity index (χ4n) is 4.88. The lowest BCUT2D eigenvalue weighted by Crippen LogP contribution is -2.16. The van der Waals surface area contributed by atoms with Gasteiger partial charge in [-0.1, -0.05) is 36.4 Å². The molecule has 5 rings (SSSR count). The molecule has 204 valence electrons. The molecule has 0 fully saturated rings. The first-order chi connectivity index (χ1) is 19.4. The summed E-state index contributed by atoms with van der Waals surface area (Å²) in [4.78, 5) is 19.4. The molecule has 0 spiro atoms. The van der Waals surface area contributed by atoms with E-state index in [9.17, 15) is 4.79 Å². The van der Waals surface area contributed by atoms with Crippen molar-refractivity contribution in [3.63, 3.8) is 0 Å². The van der Waals surface area contributed by atoms with E-state index in [1.165, 1.54) is 11.8 Å². The molecule has 0 unspecified atom stereocenters. The summed E-state index contributed by atoms with van der Waals surface area (Å²) in [5, 5.41) is 8.17. The Labute approximate surface area is 234 Å². The maximum absolute atomic E-state index is 12.8. The third-order valence-electron chi connectivity index (χ3n) is 6.69. The minimum atomic E-state index is -0.473. The van der Waals surface area contributed by atoms with Crippen molar-refractivity contribution < 1.29 is 14.3 Å². The van der Waals surface area contributed by atoms with Gasteiger partial charge in [-0.3, -0.25) is 0 Å². The number of nitrogens with zero attached hydrogens (tertiary/aromatic N) is 4. The molecule has 0 saturated heterocycles. The van der Waals surface area contributed by atoms with Crippen LogP contribution >= 0.6 is 0 Å². The lowest BCUT2D eigenvalue weighted by molar-refractivity contribution is 0.0517. The first-order valence-corrected chi connectivity index (χ1v) is 13.2. The molecule has 3 aromatic carbocycles. The van der Waals surface area contributed by atoms with E-state index < -0.39 is 5.97 Å². The van der Waals surface area contributed by atoms with Crippen LogP contribution in [0.4, 0.5) is 22.9 Å². The lowest BCUT2D eigenvalue weighted by Gasteiger charge is -2.24. The Kier molecular flexibility index (Phi) is 7.68. The summed E-state index contributed by atoms with van der Waals surface area (Å²) >= 11 is 0.